The second-order valence-electron chi connectivity index (χ2n) is 8.80. The molecule has 29 heavy (non-hydrogen) atoms. The second kappa shape index (κ2) is 8.82. The van der Waals surface area contributed by atoms with Crippen LogP contribution in [-0.4, -0.2) is 36.0 Å². The van der Waals surface area contributed by atoms with E-state index in [1.807, 2.05) is 12.1 Å². The molecule has 2 aromatic rings. The van der Waals surface area contributed by atoms with Crippen molar-refractivity contribution in [2.24, 2.45) is 11.7 Å². The van der Waals surface area contributed by atoms with Crippen molar-refractivity contribution in [3.05, 3.63) is 58.9 Å². The molecule has 3 N–H and O–H groups in total. The van der Waals surface area contributed by atoms with E-state index in [2.05, 4.69) is 23.2 Å². The molecule has 0 amide bonds. The number of pyridine rings is 1. The smallest absolute Gasteiger partial charge is 0.137 e. The molecule has 1 fully saturated rings. The molecule has 0 bridgehead atoms. The van der Waals surface area contributed by atoms with E-state index in [0.717, 1.165) is 56.6 Å². The number of hydrogen-bond acceptors (Lipinski definition) is 5. The van der Waals surface area contributed by atoms with Crippen LogP contribution in [0.5, 0.6) is 5.75 Å². The van der Waals surface area contributed by atoms with Crippen LogP contribution in [0.15, 0.2) is 36.5 Å². The highest BCUT2D eigenvalue weighted by molar-refractivity contribution is 5.36. The van der Waals surface area contributed by atoms with Gasteiger partial charge in [0, 0.05) is 5.54 Å². The average molecular weight is 397 g/mol. The zero-order valence-corrected chi connectivity index (χ0v) is 17.3. The molecule has 0 spiro atoms. The van der Waals surface area contributed by atoms with Crippen LogP contribution in [0.3, 0.4) is 0 Å². The molecule has 1 heterocycles. The lowest BCUT2D eigenvalue weighted by molar-refractivity contribution is 0.0802. The third-order valence-electron chi connectivity index (χ3n) is 6.63. The van der Waals surface area contributed by atoms with Gasteiger partial charge in [-0.1, -0.05) is 18.2 Å². The summed E-state index contributed by atoms with van der Waals surface area (Å²) in [6.45, 7) is 1.39. The number of nitrogens with two attached hydrogens (primary N) is 1. The molecule has 2 aliphatic carbocycles. The van der Waals surface area contributed by atoms with Gasteiger partial charge in [-0.15, -0.1) is 0 Å². The van der Waals surface area contributed by atoms with Crippen LogP contribution in [0.4, 0.5) is 0 Å². The quantitative estimate of drug-likeness (QED) is 0.750. The molecular formula is C24H32N2O3. The van der Waals surface area contributed by atoms with Gasteiger partial charge in [-0.25, -0.2) is 0 Å². The molecule has 1 aromatic heterocycles. The van der Waals surface area contributed by atoms with E-state index < -0.39 is 0 Å². The van der Waals surface area contributed by atoms with Gasteiger partial charge >= 0.3 is 0 Å². The fourth-order valence-corrected chi connectivity index (χ4v) is 4.78. The number of aryl methyl sites for hydroxylation is 1. The van der Waals surface area contributed by atoms with Gasteiger partial charge in [0.25, 0.3) is 0 Å². The number of nitrogens with zero attached hydrogens (tertiary/aromatic N) is 1. The third kappa shape index (κ3) is 4.80. The van der Waals surface area contributed by atoms with Crippen LogP contribution in [0.2, 0.25) is 0 Å². The van der Waals surface area contributed by atoms with Gasteiger partial charge in [0.15, 0.2) is 0 Å². The Kier molecular flexibility index (Phi) is 6.18. The minimum Gasteiger partial charge on any atom is -0.495 e. The fraction of sp³-hybridized carbons (Fsp3) is 0.542. The molecule has 1 aromatic carbocycles. The molecule has 0 unspecified atom stereocenters. The number of ether oxygens (including phenoxy) is 2. The molecule has 0 aliphatic heterocycles. The zero-order valence-electron chi connectivity index (χ0n) is 17.3. The maximum Gasteiger partial charge on any atom is 0.137 e. The second-order valence-corrected chi connectivity index (χ2v) is 8.80. The summed E-state index contributed by atoms with van der Waals surface area (Å²) >= 11 is 0. The summed E-state index contributed by atoms with van der Waals surface area (Å²) in [5.41, 5.74) is 11.1. The molecule has 156 valence electrons. The Labute approximate surface area is 173 Å². The molecule has 3 atom stereocenters. The lowest BCUT2D eigenvalue weighted by Gasteiger charge is -2.26. The highest BCUT2D eigenvalue weighted by Gasteiger charge is 2.36. The highest BCUT2D eigenvalue weighted by Crippen LogP contribution is 2.40. The number of methoxy groups -OCH3 is 1. The Hall–Kier alpha value is -1.95. The molecule has 4 rings (SSSR count). The standard InChI is InChI=1S/C24H32N2O3/c1-28-23-7-6-22(26-13-23)15-29-14-17-2-3-19-11-20(5-4-18(19)10-17)21-8-9-24(25,12-21)16-27/h4-7,11,13,17,21,27H,2-3,8-10,12,14-16,25H2,1H3/t17-,21+,24-/m1/s1. The summed E-state index contributed by atoms with van der Waals surface area (Å²) < 4.78 is 11.1. The number of rotatable bonds is 7. The van der Waals surface area contributed by atoms with Crippen molar-refractivity contribution in [1.82, 2.24) is 4.98 Å². The van der Waals surface area contributed by atoms with Crippen molar-refractivity contribution in [3.63, 3.8) is 0 Å². The van der Waals surface area contributed by atoms with E-state index >= 15 is 0 Å². The average Bonchev–Trinajstić information content (AvgIpc) is 3.16. The summed E-state index contributed by atoms with van der Waals surface area (Å²) in [5.74, 6) is 1.81. The lowest BCUT2D eigenvalue weighted by atomic mass is 9.82. The molecule has 0 saturated heterocycles. The fourth-order valence-electron chi connectivity index (χ4n) is 4.78. The molecular weight excluding hydrogens is 364 g/mol. The Morgan fingerprint density at radius 3 is 2.83 bits per heavy atom. The first-order valence-electron chi connectivity index (χ1n) is 10.7. The highest BCUT2D eigenvalue weighted by atomic mass is 16.5. The Morgan fingerprint density at radius 1 is 1.21 bits per heavy atom. The van der Waals surface area contributed by atoms with E-state index in [1.54, 1.807) is 13.3 Å². The summed E-state index contributed by atoms with van der Waals surface area (Å²) in [5, 5.41) is 9.53. The molecule has 0 radical (unpaired) electrons. The van der Waals surface area contributed by atoms with Gasteiger partial charge in [-0.05, 0) is 79.2 Å². The topological polar surface area (TPSA) is 77.6 Å². The van der Waals surface area contributed by atoms with Gasteiger partial charge in [0.05, 0.1) is 38.8 Å². The van der Waals surface area contributed by atoms with Gasteiger partial charge in [-0.3, -0.25) is 4.98 Å². The largest absolute Gasteiger partial charge is 0.495 e. The van der Waals surface area contributed by atoms with Gasteiger partial charge < -0.3 is 20.3 Å². The minimum atomic E-state index is -0.387. The first-order valence-corrected chi connectivity index (χ1v) is 10.7. The van der Waals surface area contributed by atoms with Crippen LogP contribution < -0.4 is 10.5 Å². The van der Waals surface area contributed by atoms with Crippen molar-refractivity contribution in [2.75, 3.05) is 20.3 Å². The maximum absolute atomic E-state index is 9.53. The maximum atomic E-state index is 9.53. The van der Waals surface area contributed by atoms with E-state index in [9.17, 15) is 5.11 Å². The van der Waals surface area contributed by atoms with Gasteiger partial charge in [-0.2, -0.15) is 0 Å². The SMILES string of the molecule is COc1ccc(COC[C@@H]2CCc3cc([C@H]4CC[C@](N)(CO)C4)ccc3C2)nc1. The molecule has 1 saturated carbocycles. The zero-order chi connectivity index (χ0) is 20.3. The normalized spacial score (nSPS) is 26.3. The van der Waals surface area contributed by atoms with E-state index in [-0.39, 0.29) is 12.1 Å². The number of aromatic nitrogens is 1. The minimum absolute atomic E-state index is 0.0855. The van der Waals surface area contributed by atoms with Crippen LogP contribution in [0.1, 0.15) is 54.0 Å². The van der Waals surface area contributed by atoms with E-state index in [0.29, 0.717) is 18.4 Å². The summed E-state index contributed by atoms with van der Waals surface area (Å²) in [7, 11) is 1.64. The van der Waals surface area contributed by atoms with Crippen molar-refractivity contribution < 1.29 is 14.6 Å². The lowest BCUT2D eigenvalue weighted by Crippen LogP contribution is -2.40. The van der Waals surface area contributed by atoms with Gasteiger partial charge in [0.1, 0.15) is 5.75 Å². The Bertz CT molecular complexity index is 823. The van der Waals surface area contributed by atoms with Crippen LogP contribution in [-0.2, 0) is 24.2 Å². The summed E-state index contributed by atoms with van der Waals surface area (Å²) in [6, 6.07) is 10.8. The van der Waals surface area contributed by atoms with Crippen molar-refractivity contribution >= 4 is 0 Å². The van der Waals surface area contributed by atoms with Crippen LogP contribution in [0, 0.1) is 5.92 Å². The Balaban J connectivity index is 1.30. The van der Waals surface area contributed by atoms with Crippen molar-refractivity contribution in [3.8, 4) is 5.75 Å². The molecule has 2 aliphatic rings. The Morgan fingerprint density at radius 2 is 2.10 bits per heavy atom. The summed E-state index contributed by atoms with van der Waals surface area (Å²) in [6.07, 6.45) is 7.95. The van der Waals surface area contributed by atoms with Crippen molar-refractivity contribution in [1.29, 1.82) is 0 Å². The van der Waals surface area contributed by atoms with E-state index in [4.69, 9.17) is 15.2 Å². The molecule has 5 heteroatoms. The number of hydrogen-bond donors (Lipinski definition) is 2. The summed E-state index contributed by atoms with van der Waals surface area (Å²) in [4.78, 5) is 4.36. The number of aliphatic hydroxyl groups is 1. The first-order chi connectivity index (χ1) is 14.1. The first kappa shape index (κ1) is 20.3. The van der Waals surface area contributed by atoms with Crippen LogP contribution in [0.25, 0.3) is 0 Å². The number of aliphatic hydroxyl groups excluding tert-OH is 1. The predicted octanol–water partition coefficient (Wildman–Crippen LogP) is 3.37. The predicted molar refractivity (Wildman–Crippen MR) is 113 cm³/mol. The number of fused-ring (bicyclic) bond motifs is 1. The number of benzene rings is 1. The third-order valence-corrected chi connectivity index (χ3v) is 6.63. The van der Waals surface area contributed by atoms with Crippen LogP contribution >= 0.6 is 0 Å². The van der Waals surface area contributed by atoms with E-state index in [1.165, 1.54) is 16.7 Å². The van der Waals surface area contributed by atoms with Crippen molar-refractivity contribution in [2.45, 2.75) is 56.6 Å². The molecule has 5 nitrogen and oxygen atoms in total. The van der Waals surface area contributed by atoms with Gasteiger partial charge in [0.2, 0.25) is 0 Å². The monoisotopic (exact) mass is 396 g/mol.